The van der Waals surface area contributed by atoms with Crippen molar-refractivity contribution in [2.45, 2.75) is 6.36 Å². The van der Waals surface area contributed by atoms with Crippen LogP contribution in [0.5, 0.6) is 11.5 Å². The van der Waals surface area contributed by atoms with Gasteiger partial charge in [0, 0.05) is 12.6 Å². The molecule has 0 aliphatic carbocycles. The molecule has 0 spiro atoms. The molecule has 2 heterocycles. The highest BCUT2D eigenvalue weighted by Crippen LogP contribution is 2.37. The summed E-state index contributed by atoms with van der Waals surface area (Å²) in [5, 5.41) is 29.3. The van der Waals surface area contributed by atoms with Crippen LogP contribution in [0.2, 0.25) is 0 Å². The van der Waals surface area contributed by atoms with Gasteiger partial charge in [-0.1, -0.05) is 6.07 Å². The van der Waals surface area contributed by atoms with E-state index in [1.54, 1.807) is 19.2 Å². The van der Waals surface area contributed by atoms with Crippen LogP contribution in [0.15, 0.2) is 36.4 Å². The lowest BCUT2D eigenvalue weighted by atomic mass is 10.1. The van der Waals surface area contributed by atoms with E-state index in [0.717, 1.165) is 11.3 Å². The molecule has 31 heavy (non-hydrogen) atoms. The molecule has 0 atom stereocenters. The number of rotatable bonds is 3. The number of imidazole rings is 1. The highest BCUT2D eigenvalue weighted by atomic mass is 32.1. The maximum atomic E-state index is 12.4. The van der Waals surface area contributed by atoms with Crippen molar-refractivity contribution in [1.82, 2.24) is 14.5 Å². The average molecular weight is 441 g/mol. The molecule has 0 amide bonds. The average Bonchev–Trinajstić information content (AvgIpc) is 3.26. The Morgan fingerprint density at radius 3 is 2.48 bits per heavy atom. The van der Waals surface area contributed by atoms with E-state index < -0.39 is 6.36 Å². The van der Waals surface area contributed by atoms with Gasteiger partial charge in [0.25, 0.3) is 0 Å². The van der Waals surface area contributed by atoms with Crippen LogP contribution in [-0.4, -0.2) is 26.0 Å². The number of fused-ring (bicyclic) bond motifs is 1. The minimum Gasteiger partial charge on any atom is -0.507 e. The second-order valence-corrected chi connectivity index (χ2v) is 7.37. The number of alkyl halides is 3. The van der Waals surface area contributed by atoms with Crippen LogP contribution in [0.4, 0.5) is 13.2 Å². The topological polar surface area (TPSA) is 108 Å². The van der Waals surface area contributed by atoms with Gasteiger partial charge < -0.3 is 14.4 Å². The minimum absolute atomic E-state index is 0.0495. The van der Waals surface area contributed by atoms with E-state index in [4.69, 9.17) is 5.26 Å². The summed E-state index contributed by atoms with van der Waals surface area (Å²) in [4.78, 5) is 8.50. The Morgan fingerprint density at radius 2 is 1.87 bits per heavy atom. The third kappa shape index (κ3) is 3.74. The molecule has 0 saturated carbocycles. The van der Waals surface area contributed by atoms with Crippen LogP contribution in [0.3, 0.4) is 0 Å². The molecule has 2 aromatic heterocycles. The second-order valence-electron chi connectivity index (χ2n) is 6.34. The van der Waals surface area contributed by atoms with Gasteiger partial charge in [-0.25, -0.2) is 9.97 Å². The van der Waals surface area contributed by atoms with E-state index in [2.05, 4.69) is 14.7 Å². The minimum atomic E-state index is -4.79. The Kier molecular flexibility index (Phi) is 4.76. The van der Waals surface area contributed by atoms with E-state index in [0.29, 0.717) is 26.4 Å². The zero-order chi connectivity index (χ0) is 22.3. The molecule has 4 aromatic rings. The smallest absolute Gasteiger partial charge is 0.507 e. The monoisotopic (exact) mass is 441 g/mol. The molecule has 7 nitrogen and oxygen atoms in total. The number of phenols is 1. The maximum Gasteiger partial charge on any atom is 0.573 e. The van der Waals surface area contributed by atoms with Crippen LogP contribution in [0.25, 0.3) is 32.2 Å². The van der Waals surface area contributed by atoms with E-state index in [1.165, 1.54) is 28.8 Å². The largest absolute Gasteiger partial charge is 0.573 e. The second kappa shape index (κ2) is 7.31. The molecule has 2 aromatic carbocycles. The van der Waals surface area contributed by atoms with E-state index in [9.17, 15) is 23.5 Å². The number of hydrogen-bond acceptors (Lipinski definition) is 7. The third-order valence-corrected chi connectivity index (χ3v) is 5.45. The van der Waals surface area contributed by atoms with Gasteiger partial charge >= 0.3 is 6.36 Å². The molecule has 1 N–H and O–H groups in total. The first-order valence-electron chi connectivity index (χ1n) is 8.57. The fraction of sp³-hybridized carbons (Fsp3) is 0.100. The predicted molar refractivity (Wildman–Crippen MR) is 105 cm³/mol. The van der Waals surface area contributed by atoms with Gasteiger partial charge in [0.1, 0.15) is 34.5 Å². The first kappa shape index (κ1) is 20.2. The predicted octanol–water partition coefficient (Wildman–Crippen LogP) is 4.71. The number of aromatic hydroxyl groups is 1. The molecular weight excluding hydrogens is 431 g/mol. The van der Waals surface area contributed by atoms with Crippen molar-refractivity contribution in [3.63, 3.8) is 0 Å². The number of hydrogen-bond donors (Lipinski definition) is 1. The van der Waals surface area contributed by atoms with Gasteiger partial charge in [-0.05, 0) is 30.3 Å². The SMILES string of the molecule is Cn1c(-c2ccc(-c3nc4ccc(OC(F)(F)F)cc4s3)cc2O)nc(C#N)c1C#N. The number of aromatic nitrogens is 3. The number of nitrogens with zero attached hydrogens (tertiary/aromatic N) is 5. The van der Waals surface area contributed by atoms with Crippen LogP contribution in [-0.2, 0) is 7.05 Å². The quantitative estimate of drug-likeness (QED) is 0.493. The van der Waals surface area contributed by atoms with Gasteiger partial charge in [0.2, 0.25) is 0 Å². The van der Waals surface area contributed by atoms with Gasteiger partial charge in [0.05, 0.1) is 15.8 Å². The van der Waals surface area contributed by atoms with Crippen LogP contribution in [0, 0.1) is 22.7 Å². The van der Waals surface area contributed by atoms with Crippen molar-refractivity contribution >= 4 is 21.6 Å². The van der Waals surface area contributed by atoms with Crippen LogP contribution in [0.1, 0.15) is 11.4 Å². The zero-order valence-corrected chi connectivity index (χ0v) is 16.4. The molecule has 11 heteroatoms. The van der Waals surface area contributed by atoms with Crippen molar-refractivity contribution in [2.24, 2.45) is 7.05 Å². The summed E-state index contributed by atoms with van der Waals surface area (Å²) in [5.41, 5.74) is 1.36. The summed E-state index contributed by atoms with van der Waals surface area (Å²) < 4.78 is 43.1. The van der Waals surface area contributed by atoms with Gasteiger partial charge in [-0.3, -0.25) is 0 Å². The van der Waals surface area contributed by atoms with Crippen molar-refractivity contribution < 1.29 is 23.0 Å². The highest BCUT2D eigenvalue weighted by molar-refractivity contribution is 7.21. The van der Waals surface area contributed by atoms with E-state index in [1.807, 2.05) is 12.1 Å². The molecule has 0 bridgehead atoms. The Morgan fingerprint density at radius 1 is 1.10 bits per heavy atom. The number of nitriles is 2. The summed E-state index contributed by atoms with van der Waals surface area (Å²) in [6, 6.07) is 12.3. The van der Waals surface area contributed by atoms with Crippen molar-refractivity contribution in [3.05, 3.63) is 47.8 Å². The standard InChI is InChI=1S/C20H10F3N5O2S/c1-28-15(9-25)14(8-24)26-18(28)12-4-2-10(6-16(12)29)19-27-13-5-3-11(7-17(13)31-19)30-20(21,22)23/h2-7,29H,1H3. The molecule has 0 saturated heterocycles. The third-order valence-electron chi connectivity index (χ3n) is 4.39. The zero-order valence-electron chi connectivity index (χ0n) is 15.6. The lowest BCUT2D eigenvalue weighted by Crippen LogP contribution is -2.16. The number of halogens is 3. The van der Waals surface area contributed by atoms with E-state index in [-0.39, 0.29) is 28.7 Å². The summed E-state index contributed by atoms with van der Waals surface area (Å²) in [6.07, 6.45) is -4.79. The Labute approximate surface area is 176 Å². The first-order chi connectivity index (χ1) is 14.7. The van der Waals surface area contributed by atoms with Gasteiger partial charge in [-0.2, -0.15) is 10.5 Å². The normalized spacial score (nSPS) is 11.3. The number of benzene rings is 2. The van der Waals surface area contributed by atoms with Crippen LogP contribution >= 0.6 is 11.3 Å². The lowest BCUT2D eigenvalue weighted by Gasteiger charge is -2.07. The lowest BCUT2D eigenvalue weighted by molar-refractivity contribution is -0.274. The Bertz CT molecular complexity index is 1410. The fourth-order valence-electron chi connectivity index (χ4n) is 3.02. The summed E-state index contributed by atoms with van der Waals surface area (Å²) in [5.74, 6) is -0.250. The maximum absolute atomic E-state index is 12.4. The van der Waals surface area contributed by atoms with Crippen LogP contribution < -0.4 is 4.74 Å². The Hall–Kier alpha value is -4.09. The van der Waals surface area contributed by atoms with Gasteiger partial charge in [0.15, 0.2) is 11.4 Å². The molecule has 0 radical (unpaired) electrons. The molecule has 0 aliphatic heterocycles. The number of thiazole rings is 1. The molecule has 0 aliphatic rings. The molecule has 154 valence electrons. The molecule has 4 rings (SSSR count). The molecular formula is C20H10F3N5O2S. The summed E-state index contributed by atoms with van der Waals surface area (Å²) in [6.45, 7) is 0. The number of phenolic OH excluding ortho intramolecular Hbond substituents is 1. The van der Waals surface area contributed by atoms with Gasteiger partial charge in [-0.15, -0.1) is 24.5 Å². The van der Waals surface area contributed by atoms with Crippen molar-refractivity contribution in [3.8, 4) is 45.6 Å². The van der Waals surface area contributed by atoms with E-state index >= 15 is 0 Å². The van der Waals surface area contributed by atoms with Crippen molar-refractivity contribution in [1.29, 1.82) is 10.5 Å². The first-order valence-corrected chi connectivity index (χ1v) is 9.39. The van der Waals surface area contributed by atoms with Crippen molar-refractivity contribution in [2.75, 3.05) is 0 Å². The highest BCUT2D eigenvalue weighted by Gasteiger charge is 2.31. The summed E-state index contributed by atoms with van der Waals surface area (Å²) in [7, 11) is 1.56. The number of ether oxygens (including phenoxy) is 1. The molecule has 0 fully saturated rings. The summed E-state index contributed by atoms with van der Waals surface area (Å²) >= 11 is 1.14. The Balaban J connectivity index is 1.72. The molecule has 0 unspecified atom stereocenters. The fourth-order valence-corrected chi connectivity index (χ4v) is 4.02.